The van der Waals surface area contributed by atoms with E-state index >= 15 is 0 Å². The quantitative estimate of drug-likeness (QED) is 0.777. The van der Waals surface area contributed by atoms with Crippen LogP contribution in [0.25, 0.3) is 0 Å². The van der Waals surface area contributed by atoms with Gasteiger partial charge in [0.15, 0.2) is 6.61 Å². The van der Waals surface area contributed by atoms with E-state index in [2.05, 4.69) is 11.7 Å². The smallest absolute Gasteiger partial charge is 0.304 e. The largest absolute Gasteiger partial charge is 0.487 e. The molecular formula is C14H20F2O2. The zero-order valence-electron chi connectivity index (χ0n) is 11.3. The van der Waals surface area contributed by atoms with Crippen LogP contribution in [0.4, 0.5) is 8.78 Å². The fourth-order valence-electron chi connectivity index (χ4n) is 1.82. The van der Waals surface area contributed by atoms with Gasteiger partial charge in [0.25, 0.3) is 0 Å². The summed E-state index contributed by atoms with van der Waals surface area (Å²) < 4.78 is 36.1. The third kappa shape index (κ3) is 3.95. The van der Waals surface area contributed by atoms with Gasteiger partial charge in [-0.1, -0.05) is 13.0 Å². The average molecular weight is 258 g/mol. The third-order valence-corrected chi connectivity index (χ3v) is 2.81. The Morgan fingerprint density at radius 1 is 1.11 bits per heavy atom. The molecule has 1 aromatic rings. The maximum absolute atomic E-state index is 13.2. The number of hydrogen-bond acceptors (Lipinski definition) is 2. The Hall–Kier alpha value is -1.16. The second-order valence-electron chi connectivity index (χ2n) is 4.48. The Bertz CT molecular complexity index is 403. The molecule has 1 aromatic carbocycles. The van der Waals surface area contributed by atoms with Gasteiger partial charge in [0.2, 0.25) is 0 Å². The SMILES string of the molecule is CCc1cc(C)c(OCC(F)(F)COC)cc1C. The van der Waals surface area contributed by atoms with Crippen molar-refractivity contribution in [2.75, 3.05) is 20.3 Å². The first kappa shape index (κ1) is 14.9. The van der Waals surface area contributed by atoms with Gasteiger partial charge < -0.3 is 9.47 Å². The Balaban J connectivity index is 2.77. The highest BCUT2D eigenvalue weighted by atomic mass is 19.3. The van der Waals surface area contributed by atoms with E-state index < -0.39 is 19.1 Å². The van der Waals surface area contributed by atoms with E-state index in [0.717, 1.165) is 17.5 Å². The van der Waals surface area contributed by atoms with Crippen LogP contribution in [0.5, 0.6) is 5.75 Å². The predicted octanol–water partition coefficient (Wildman–Crippen LogP) is 3.53. The van der Waals surface area contributed by atoms with E-state index in [4.69, 9.17) is 4.74 Å². The number of hydrogen-bond donors (Lipinski definition) is 0. The van der Waals surface area contributed by atoms with E-state index in [1.165, 1.54) is 12.7 Å². The molecule has 0 aliphatic carbocycles. The summed E-state index contributed by atoms with van der Waals surface area (Å²) in [6.07, 6.45) is 0.923. The monoisotopic (exact) mass is 258 g/mol. The fourth-order valence-corrected chi connectivity index (χ4v) is 1.82. The molecule has 0 fully saturated rings. The number of ether oxygens (including phenoxy) is 2. The van der Waals surface area contributed by atoms with E-state index in [-0.39, 0.29) is 0 Å². The zero-order chi connectivity index (χ0) is 13.8. The molecule has 0 atom stereocenters. The number of benzene rings is 1. The van der Waals surface area contributed by atoms with Crippen molar-refractivity contribution >= 4 is 0 Å². The Kier molecular flexibility index (Phi) is 5.08. The normalized spacial score (nSPS) is 11.7. The fraction of sp³-hybridized carbons (Fsp3) is 0.571. The molecule has 0 spiro atoms. The van der Waals surface area contributed by atoms with Crippen LogP contribution in [0.15, 0.2) is 12.1 Å². The highest BCUT2D eigenvalue weighted by Gasteiger charge is 2.30. The summed E-state index contributed by atoms with van der Waals surface area (Å²) in [5, 5.41) is 0. The van der Waals surface area contributed by atoms with Crippen LogP contribution in [0.3, 0.4) is 0 Å². The molecule has 0 heterocycles. The first-order valence-electron chi connectivity index (χ1n) is 5.99. The van der Waals surface area contributed by atoms with Gasteiger partial charge in [0, 0.05) is 7.11 Å². The second-order valence-corrected chi connectivity index (χ2v) is 4.48. The standard InChI is InChI=1S/C14H20F2O2/c1-5-12-6-11(3)13(7-10(12)2)18-9-14(15,16)8-17-4/h6-7H,5,8-9H2,1-4H3. The number of halogens is 2. The van der Waals surface area contributed by atoms with Gasteiger partial charge in [-0.05, 0) is 43.0 Å². The number of alkyl halides is 2. The van der Waals surface area contributed by atoms with E-state index in [1.54, 1.807) is 0 Å². The number of aryl methyl sites for hydroxylation is 3. The van der Waals surface area contributed by atoms with Crippen molar-refractivity contribution in [1.82, 2.24) is 0 Å². The summed E-state index contributed by atoms with van der Waals surface area (Å²) in [4.78, 5) is 0. The third-order valence-electron chi connectivity index (χ3n) is 2.81. The number of rotatable bonds is 6. The van der Waals surface area contributed by atoms with Crippen LogP contribution >= 0.6 is 0 Å². The molecule has 0 aliphatic heterocycles. The van der Waals surface area contributed by atoms with Crippen molar-refractivity contribution in [2.45, 2.75) is 33.1 Å². The molecule has 0 radical (unpaired) electrons. The summed E-state index contributed by atoms with van der Waals surface area (Å²) in [7, 11) is 1.25. The van der Waals surface area contributed by atoms with Crippen LogP contribution in [0, 0.1) is 13.8 Å². The molecule has 4 heteroatoms. The summed E-state index contributed by atoms with van der Waals surface area (Å²) in [5.41, 5.74) is 3.15. The Morgan fingerprint density at radius 3 is 2.33 bits per heavy atom. The molecule has 0 unspecified atom stereocenters. The Morgan fingerprint density at radius 2 is 1.78 bits per heavy atom. The second kappa shape index (κ2) is 6.14. The summed E-state index contributed by atoms with van der Waals surface area (Å²) in [6, 6.07) is 3.80. The summed E-state index contributed by atoms with van der Waals surface area (Å²) in [6.45, 7) is 4.60. The van der Waals surface area contributed by atoms with Gasteiger partial charge in [-0.25, -0.2) is 8.78 Å². The van der Waals surface area contributed by atoms with E-state index in [0.29, 0.717) is 5.75 Å². The molecular weight excluding hydrogens is 238 g/mol. The average Bonchev–Trinajstić information content (AvgIpc) is 2.29. The van der Waals surface area contributed by atoms with Crippen LogP contribution < -0.4 is 4.74 Å². The Labute approximate surface area is 107 Å². The summed E-state index contributed by atoms with van der Waals surface area (Å²) >= 11 is 0. The molecule has 0 saturated carbocycles. The lowest BCUT2D eigenvalue weighted by Gasteiger charge is -2.18. The maximum atomic E-state index is 13.2. The zero-order valence-corrected chi connectivity index (χ0v) is 11.3. The van der Waals surface area contributed by atoms with Crippen LogP contribution in [0.2, 0.25) is 0 Å². The minimum absolute atomic E-state index is 0.514. The van der Waals surface area contributed by atoms with Crippen LogP contribution in [0.1, 0.15) is 23.6 Å². The maximum Gasteiger partial charge on any atom is 0.304 e. The lowest BCUT2D eigenvalue weighted by atomic mass is 10.0. The molecule has 2 nitrogen and oxygen atoms in total. The molecule has 0 amide bonds. The van der Waals surface area contributed by atoms with Gasteiger partial charge in [-0.3, -0.25) is 0 Å². The minimum atomic E-state index is -2.96. The van der Waals surface area contributed by atoms with Crippen molar-refractivity contribution in [3.05, 3.63) is 28.8 Å². The number of methoxy groups -OCH3 is 1. The van der Waals surface area contributed by atoms with Gasteiger partial charge >= 0.3 is 5.92 Å². The first-order valence-corrected chi connectivity index (χ1v) is 5.99. The van der Waals surface area contributed by atoms with Crippen molar-refractivity contribution in [2.24, 2.45) is 0 Å². The van der Waals surface area contributed by atoms with Crippen molar-refractivity contribution < 1.29 is 18.3 Å². The molecule has 18 heavy (non-hydrogen) atoms. The van der Waals surface area contributed by atoms with Crippen molar-refractivity contribution in [1.29, 1.82) is 0 Å². The van der Waals surface area contributed by atoms with Crippen molar-refractivity contribution in [3.63, 3.8) is 0 Å². The highest BCUT2D eigenvalue weighted by Crippen LogP contribution is 2.25. The lowest BCUT2D eigenvalue weighted by Crippen LogP contribution is -2.31. The molecule has 1 rings (SSSR count). The van der Waals surface area contributed by atoms with E-state index in [1.807, 2.05) is 26.0 Å². The topological polar surface area (TPSA) is 18.5 Å². The molecule has 0 aromatic heterocycles. The molecule has 0 aliphatic rings. The molecule has 0 N–H and O–H groups in total. The highest BCUT2D eigenvalue weighted by molar-refractivity contribution is 5.41. The molecule has 0 saturated heterocycles. The first-order chi connectivity index (χ1) is 8.39. The van der Waals surface area contributed by atoms with Gasteiger partial charge in [0.1, 0.15) is 12.4 Å². The predicted molar refractivity (Wildman–Crippen MR) is 67.6 cm³/mol. The van der Waals surface area contributed by atoms with Crippen LogP contribution in [-0.2, 0) is 11.2 Å². The van der Waals surface area contributed by atoms with E-state index in [9.17, 15) is 8.78 Å². The van der Waals surface area contributed by atoms with Crippen LogP contribution in [-0.4, -0.2) is 26.2 Å². The minimum Gasteiger partial charge on any atom is -0.487 e. The molecule has 0 bridgehead atoms. The molecule has 102 valence electrons. The van der Waals surface area contributed by atoms with Gasteiger partial charge in [-0.15, -0.1) is 0 Å². The lowest BCUT2D eigenvalue weighted by molar-refractivity contribution is -0.0911. The van der Waals surface area contributed by atoms with Crippen molar-refractivity contribution in [3.8, 4) is 5.75 Å². The van der Waals surface area contributed by atoms with Gasteiger partial charge in [-0.2, -0.15) is 0 Å². The van der Waals surface area contributed by atoms with Gasteiger partial charge in [0.05, 0.1) is 0 Å². The summed E-state index contributed by atoms with van der Waals surface area (Å²) in [5.74, 6) is -2.45.